The van der Waals surface area contributed by atoms with E-state index in [4.69, 9.17) is 10.2 Å². The normalized spacial score (nSPS) is 7.45. The Labute approximate surface area is 98.9 Å². The molecule has 0 unspecified atom stereocenters. The van der Waals surface area contributed by atoms with E-state index in [1.54, 1.807) is 0 Å². The van der Waals surface area contributed by atoms with Crippen LogP contribution in [0.3, 0.4) is 0 Å². The van der Waals surface area contributed by atoms with Crippen LogP contribution in [0.2, 0.25) is 0.515 Å². The van der Waals surface area contributed by atoms with Gasteiger partial charge in [-0.3, -0.25) is 9.59 Å². The van der Waals surface area contributed by atoms with Crippen molar-refractivity contribution in [2.24, 2.45) is 0 Å². The molecule has 0 heterocycles. The molecule has 0 rings (SSSR count). The summed E-state index contributed by atoms with van der Waals surface area (Å²) >= 11 is 0.995. The molecule has 11 heavy (non-hydrogen) atoms. The maximum atomic E-state index is 9.43. The molecule has 0 bridgehead atoms. The van der Waals surface area contributed by atoms with E-state index < -0.39 is 18.4 Å². The summed E-state index contributed by atoms with van der Waals surface area (Å²) in [6, 6.07) is 0. The van der Waals surface area contributed by atoms with Crippen LogP contribution in [-0.4, -0.2) is 71.1 Å². The summed E-state index contributed by atoms with van der Waals surface area (Å²) in [7, 11) is 0. The molecule has 4 nitrogen and oxygen atoms in total. The molecule has 0 radical (unpaired) electrons. The standard InChI is InChI=1S/C3H4O4.C3H5.K/c4-2(5)1-3(6)7;1-3-2;/h1H2,(H,4,5)(H,6,7);3H,1-2H2;. The van der Waals surface area contributed by atoms with Crippen molar-refractivity contribution in [2.75, 3.05) is 0 Å². The van der Waals surface area contributed by atoms with Gasteiger partial charge >= 0.3 is 74.1 Å². The van der Waals surface area contributed by atoms with Crippen molar-refractivity contribution in [2.45, 2.75) is 6.94 Å². The van der Waals surface area contributed by atoms with E-state index >= 15 is 0 Å². The van der Waals surface area contributed by atoms with E-state index in [0.717, 1.165) is 49.0 Å². The molecule has 0 atom stereocenters. The number of carboxylic acid groups (broad SMARTS) is 2. The van der Waals surface area contributed by atoms with E-state index in [1.165, 1.54) is 0.515 Å². The van der Waals surface area contributed by atoms with Crippen molar-refractivity contribution in [3.05, 3.63) is 12.7 Å². The first-order valence-electron chi connectivity index (χ1n) is 3.09. The maximum absolute atomic E-state index is 9.43. The molecular weight excluding hydrogens is 175 g/mol. The SMILES string of the molecule is C=C[CH2][K].O=C(O)CC(=O)O. The van der Waals surface area contributed by atoms with Crippen LogP contribution in [0.5, 0.6) is 0 Å². The van der Waals surface area contributed by atoms with E-state index in [9.17, 15) is 9.59 Å². The first-order valence-corrected chi connectivity index (χ1v) is 5.29. The summed E-state index contributed by atoms with van der Waals surface area (Å²) in [6.45, 7) is 3.53. The average Bonchev–Trinajstić information content (AvgIpc) is 1.85. The van der Waals surface area contributed by atoms with Gasteiger partial charge in [-0.25, -0.2) is 0 Å². The molecule has 0 aliphatic heterocycles. The van der Waals surface area contributed by atoms with Gasteiger partial charge in [0.2, 0.25) is 0 Å². The van der Waals surface area contributed by atoms with Gasteiger partial charge in [0.1, 0.15) is 6.42 Å². The van der Waals surface area contributed by atoms with Crippen LogP contribution in [0.1, 0.15) is 6.42 Å². The van der Waals surface area contributed by atoms with Crippen molar-refractivity contribution in [3.63, 3.8) is 0 Å². The van der Waals surface area contributed by atoms with Gasteiger partial charge in [-0.15, -0.1) is 0 Å². The molecule has 0 fully saturated rings. The Bertz CT molecular complexity index is 132. The monoisotopic (exact) mass is 184 g/mol. The summed E-state index contributed by atoms with van der Waals surface area (Å²) in [5, 5.41) is 15.4. The van der Waals surface area contributed by atoms with Crippen LogP contribution >= 0.6 is 0 Å². The van der Waals surface area contributed by atoms with Crippen molar-refractivity contribution >= 4 is 60.9 Å². The summed E-state index contributed by atoms with van der Waals surface area (Å²) < 4.78 is 1.27. The molecule has 0 spiro atoms. The topological polar surface area (TPSA) is 74.6 Å². The molecule has 0 aliphatic carbocycles. The number of hydrogen-bond donors (Lipinski definition) is 2. The number of carbonyl (C=O) groups is 2. The number of aliphatic carboxylic acids is 2. The minimum atomic E-state index is -1.31. The third kappa shape index (κ3) is 25.2. The largest absolute Gasteiger partial charge is 0.481 e. The second kappa shape index (κ2) is 10.3. The molecular formula is C6H9KO4. The van der Waals surface area contributed by atoms with Crippen molar-refractivity contribution in [1.29, 1.82) is 0 Å². The quantitative estimate of drug-likeness (QED) is 0.376. The van der Waals surface area contributed by atoms with Gasteiger partial charge in [0.15, 0.2) is 0 Å². The Hall–Kier alpha value is 0.316. The average molecular weight is 184 g/mol. The second-order valence-corrected chi connectivity index (χ2v) is 2.94. The fraction of sp³-hybridized carbons (Fsp3) is 0.333. The van der Waals surface area contributed by atoms with Gasteiger partial charge < -0.3 is 10.2 Å². The van der Waals surface area contributed by atoms with Crippen LogP contribution < -0.4 is 0 Å². The Morgan fingerprint density at radius 2 is 1.64 bits per heavy atom. The Balaban J connectivity index is 0. The fourth-order valence-corrected chi connectivity index (χ4v) is 0.129. The molecule has 0 aromatic heterocycles. The molecule has 0 aromatic carbocycles. The Morgan fingerprint density at radius 1 is 1.36 bits per heavy atom. The van der Waals surface area contributed by atoms with E-state index in [0.29, 0.717) is 0 Å². The summed E-state index contributed by atoms with van der Waals surface area (Å²) in [6.07, 6.45) is 1.15. The molecule has 0 saturated heterocycles. The third-order valence-electron chi connectivity index (χ3n) is 0.591. The van der Waals surface area contributed by atoms with Gasteiger partial charge in [0.25, 0.3) is 0 Å². The maximum Gasteiger partial charge on any atom is 0.314 e. The van der Waals surface area contributed by atoms with Gasteiger partial charge in [0.05, 0.1) is 0 Å². The fourth-order valence-electron chi connectivity index (χ4n) is 0.129. The molecule has 0 saturated carbocycles. The van der Waals surface area contributed by atoms with E-state index in [1.807, 2.05) is 6.08 Å². The number of rotatable bonds is 3. The van der Waals surface area contributed by atoms with Crippen molar-refractivity contribution < 1.29 is 19.8 Å². The van der Waals surface area contributed by atoms with E-state index in [2.05, 4.69) is 6.58 Å². The van der Waals surface area contributed by atoms with Crippen molar-refractivity contribution in [3.8, 4) is 0 Å². The molecule has 58 valence electrons. The zero-order chi connectivity index (χ0) is 9.28. The van der Waals surface area contributed by atoms with Crippen LogP contribution in [-0.2, 0) is 9.59 Å². The first-order chi connectivity index (χ1) is 5.04. The number of allylic oxidation sites excluding steroid dienone is 1. The van der Waals surface area contributed by atoms with Gasteiger partial charge in [0, 0.05) is 0 Å². The van der Waals surface area contributed by atoms with Crippen LogP contribution in [0.4, 0.5) is 0 Å². The predicted octanol–water partition coefficient (Wildman–Crippen LogP) is 0.305. The first kappa shape index (κ1) is 13.9. The Morgan fingerprint density at radius 3 is 1.64 bits per heavy atom. The summed E-state index contributed by atoms with van der Waals surface area (Å²) in [4.78, 5) is 18.9. The third-order valence-corrected chi connectivity index (χ3v) is 1.49. The minimum absolute atomic E-state index is 0.806. The smallest absolute Gasteiger partial charge is 0.314 e. The van der Waals surface area contributed by atoms with Crippen LogP contribution in [0, 0.1) is 0 Å². The zero-order valence-electron chi connectivity index (χ0n) is 6.41. The van der Waals surface area contributed by atoms with E-state index in [-0.39, 0.29) is 0 Å². The van der Waals surface area contributed by atoms with Gasteiger partial charge in [-0.1, -0.05) is 0 Å². The molecule has 0 amide bonds. The van der Waals surface area contributed by atoms with Crippen LogP contribution in [0.15, 0.2) is 12.7 Å². The van der Waals surface area contributed by atoms with Crippen molar-refractivity contribution in [1.82, 2.24) is 0 Å². The second-order valence-electron chi connectivity index (χ2n) is 1.66. The molecule has 2 N–H and O–H groups in total. The summed E-state index contributed by atoms with van der Waals surface area (Å²) in [5.74, 6) is -2.62. The number of carboxylic acids is 2. The van der Waals surface area contributed by atoms with Gasteiger partial charge in [-0.2, -0.15) is 0 Å². The van der Waals surface area contributed by atoms with Crippen LogP contribution in [0.25, 0.3) is 0 Å². The Kier molecular flexibility index (Phi) is 13.0. The predicted molar refractivity (Wildman–Crippen MR) is 40.6 cm³/mol. The van der Waals surface area contributed by atoms with Gasteiger partial charge in [-0.05, 0) is 0 Å². The zero-order valence-corrected chi connectivity index (χ0v) is 9.53. The molecule has 0 aromatic rings. The summed E-state index contributed by atoms with van der Waals surface area (Å²) in [5.41, 5.74) is 0. The number of hydrogen-bond acceptors (Lipinski definition) is 2. The molecule has 0 aliphatic rings. The molecule has 5 heteroatoms. The minimum Gasteiger partial charge on any atom is -0.481 e.